The second kappa shape index (κ2) is 4.47. The molecule has 0 amide bonds. The Labute approximate surface area is 99.0 Å². The third-order valence-corrected chi connectivity index (χ3v) is 2.36. The van der Waals surface area contributed by atoms with Crippen LogP contribution in [0, 0.1) is 5.82 Å². The molecular formula is C11H15ClFNO2. The lowest BCUT2D eigenvalue weighted by molar-refractivity contribution is 0.359. The maximum absolute atomic E-state index is 13.6. The Morgan fingerprint density at radius 2 is 2.12 bits per heavy atom. The molecule has 0 radical (unpaired) electrons. The first-order valence-corrected chi connectivity index (χ1v) is 5.17. The van der Waals surface area contributed by atoms with Crippen molar-refractivity contribution in [3.8, 4) is 11.5 Å². The van der Waals surface area contributed by atoms with E-state index in [0.717, 1.165) is 0 Å². The van der Waals surface area contributed by atoms with Gasteiger partial charge < -0.3 is 15.6 Å². The average molecular weight is 248 g/mol. The molecule has 90 valence electrons. The minimum atomic E-state index is -0.853. The topological polar surface area (TPSA) is 55.5 Å². The molecule has 0 aliphatic carbocycles. The number of phenolic OH excluding ortho intramolecular Hbond substituents is 1. The molecule has 0 aliphatic heterocycles. The summed E-state index contributed by atoms with van der Waals surface area (Å²) in [5.74, 6) is -1.47. The van der Waals surface area contributed by atoms with Crippen molar-refractivity contribution in [2.75, 3.05) is 7.11 Å². The Morgan fingerprint density at radius 1 is 1.56 bits per heavy atom. The number of phenols is 1. The number of nitrogens with two attached hydrogens (primary N) is 1. The normalized spacial score (nSPS) is 11.6. The van der Waals surface area contributed by atoms with Gasteiger partial charge in [0.05, 0.1) is 12.1 Å². The molecule has 0 spiro atoms. The number of rotatable bonds is 3. The quantitative estimate of drug-likeness (QED) is 0.863. The molecule has 1 aromatic rings. The van der Waals surface area contributed by atoms with E-state index in [9.17, 15) is 9.50 Å². The van der Waals surface area contributed by atoms with Crippen LogP contribution < -0.4 is 10.5 Å². The van der Waals surface area contributed by atoms with Gasteiger partial charge in [0, 0.05) is 11.1 Å². The number of aromatic hydroxyl groups is 1. The molecule has 0 saturated heterocycles. The van der Waals surface area contributed by atoms with Crippen molar-refractivity contribution < 1.29 is 14.2 Å². The smallest absolute Gasteiger partial charge is 0.208 e. The molecule has 0 fully saturated rings. The second-order valence-electron chi connectivity index (χ2n) is 4.38. The molecule has 1 aromatic carbocycles. The SMILES string of the molecule is COc1c(Cl)cc(CC(C)(C)N)c(O)c1F. The van der Waals surface area contributed by atoms with E-state index in [1.54, 1.807) is 13.8 Å². The van der Waals surface area contributed by atoms with Gasteiger partial charge in [0.1, 0.15) is 0 Å². The molecule has 0 aromatic heterocycles. The Morgan fingerprint density at radius 3 is 2.56 bits per heavy atom. The minimum Gasteiger partial charge on any atom is -0.505 e. The van der Waals surface area contributed by atoms with E-state index in [1.165, 1.54) is 13.2 Å². The first kappa shape index (κ1) is 13.1. The summed E-state index contributed by atoms with van der Waals surface area (Å²) in [4.78, 5) is 0. The zero-order valence-electron chi connectivity index (χ0n) is 9.47. The minimum absolute atomic E-state index is 0.122. The lowest BCUT2D eigenvalue weighted by atomic mass is 9.95. The van der Waals surface area contributed by atoms with Gasteiger partial charge in [-0.05, 0) is 26.3 Å². The van der Waals surface area contributed by atoms with Crippen molar-refractivity contribution in [1.82, 2.24) is 0 Å². The Bertz CT molecular complexity index is 402. The summed E-state index contributed by atoms with van der Waals surface area (Å²) in [5, 5.41) is 9.75. The zero-order valence-corrected chi connectivity index (χ0v) is 10.2. The molecule has 0 unspecified atom stereocenters. The van der Waals surface area contributed by atoms with E-state index < -0.39 is 17.1 Å². The van der Waals surface area contributed by atoms with E-state index in [0.29, 0.717) is 12.0 Å². The van der Waals surface area contributed by atoms with E-state index >= 15 is 0 Å². The first-order valence-electron chi connectivity index (χ1n) is 4.79. The van der Waals surface area contributed by atoms with Gasteiger partial charge >= 0.3 is 0 Å². The van der Waals surface area contributed by atoms with Gasteiger partial charge in [0.15, 0.2) is 11.5 Å². The summed E-state index contributed by atoms with van der Waals surface area (Å²) < 4.78 is 18.3. The fourth-order valence-corrected chi connectivity index (χ4v) is 1.74. The van der Waals surface area contributed by atoms with Gasteiger partial charge in [-0.1, -0.05) is 11.6 Å². The van der Waals surface area contributed by atoms with Crippen molar-refractivity contribution in [1.29, 1.82) is 0 Å². The number of halogens is 2. The molecular weight excluding hydrogens is 233 g/mol. The maximum Gasteiger partial charge on any atom is 0.208 e. The van der Waals surface area contributed by atoms with Gasteiger partial charge in [-0.3, -0.25) is 0 Å². The van der Waals surface area contributed by atoms with Crippen molar-refractivity contribution in [3.63, 3.8) is 0 Å². The van der Waals surface area contributed by atoms with Gasteiger partial charge in [-0.25, -0.2) is 0 Å². The molecule has 0 bridgehead atoms. The molecule has 5 heteroatoms. The van der Waals surface area contributed by atoms with Gasteiger partial charge in [-0.15, -0.1) is 0 Å². The van der Waals surface area contributed by atoms with Crippen molar-refractivity contribution >= 4 is 11.6 Å². The lowest BCUT2D eigenvalue weighted by Gasteiger charge is -2.20. The molecule has 0 saturated carbocycles. The third-order valence-electron chi connectivity index (χ3n) is 2.08. The lowest BCUT2D eigenvalue weighted by Crippen LogP contribution is -2.34. The number of hydrogen-bond acceptors (Lipinski definition) is 3. The summed E-state index contributed by atoms with van der Waals surface area (Å²) in [5.41, 5.74) is 5.62. The summed E-state index contributed by atoms with van der Waals surface area (Å²) in [6, 6.07) is 1.47. The Balaban J connectivity index is 3.23. The number of ether oxygens (including phenoxy) is 1. The van der Waals surface area contributed by atoms with E-state index in [4.69, 9.17) is 22.1 Å². The van der Waals surface area contributed by atoms with Crippen molar-refractivity contribution in [2.45, 2.75) is 25.8 Å². The predicted octanol–water partition coefficient (Wildman–Crippen LogP) is 2.47. The van der Waals surface area contributed by atoms with E-state index in [2.05, 4.69) is 0 Å². The van der Waals surface area contributed by atoms with Crippen LogP contribution in [0.25, 0.3) is 0 Å². The van der Waals surface area contributed by atoms with Crippen LogP contribution in [0.1, 0.15) is 19.4 Å². The molecule has 16 heavy (non-hydrogen) atoms. The van der Waals surface area contributed by atoms with E-state index in [-0.39, 0.29) is 10.8 Å². The van der Waals surface area contributed by atoms with Crippen LogP contribution in [0.5, 0.6) is 11.5 Å². The highest BCUT2D eigenvalue weighted by Gasteiger charge is 2.21. The summed E-state index contributed by atoms with van der Waals surface area (Å²) in [7, 11) is 1.29. The van der Waals surface area contributed by atoms with Crippen molar-refractivity contribution in [3.05, 3.63) is 22.5 Å². The highest BCUT2D eigenvalue weighted by atomic mass is 35.5. The van der Waals surface area contributed by atoms with Gasteiger partial charge in [0.25, 0.3) is 0 Å². The molecule has 1 rings (SSSR count). The van der Waals surface area contributed by atoms with Crippen molar-refractivity contribution in [2.24, 2.45) is 5.73 Å². The highest BCUT2D eigenvalue weighted by molar-refractivity contribution is 6.32. The number of methoxy groups -OCH3 is 1. The van der Waals surface area contributed by atoms with Crippen LogP contribution in [0.4, 0.5) is 4.39 Å². The molecule has 3 nitrogen and oxygen atoms in total. The Hall–Kier alpha value is -1.00. The van der Waals surface area contributed by atoms with Gasteiger partial charge in [-0.2, -0.15) is 4.39 Å². The predicted molar refractivity (Wildman–Crippen MR) is 61.6 cm³/mol. The average Bonchev–Trinajstić information content (AvgIpc) is 2.12. The van der Waals surface area contributed by atoms with Crippen LogP contribution in [-0.4, -0.2) is 17.8 Å². The monoisotopic (exact) mass is 247 g/mol. The highest BCUT2D eigenvalue weighted by Crippen LogP contribution is 2.37. The van der Waals surface area contributed by atoms with Crippen LogP contribution in [0.3, 0.4) is 0 Å². The third kappa shape index (κ3) is 2.77. The number of benzene rings is 1. The van der Waals surface area contributed by atoms with Crippen LogP contribution >= 0.6 is 11.6 Å². The number of hydrogen-bond donors (Lipinski definition) is 2. The maximum atomic E-state index is 13.6. The fraction of sp³-hybridized carbons (Fsp3) is 0.455. The first-order chi connectivity index (χ1) is 7.26. The molecule has 0 heterocycles. The van der Waals surface area contributed by atoms with E-state index in [1.807, 2.05) is 0 Å². The summed E-state index contributed by atoms with van der Waals surface area (Å²) >= 11 is 5.82. The van der Waals surface area contributed by atoms with Crippen LogP contribution in [0.15, 0.2) is 6.07 Å². The summed E-state index contributed by atoms with van der Waals surface area (Å²) in [6.07, 6.45) is 0.319. The zero-order chi connectivity index (χ0) is 12.5. The Kier molecular flexibility index (Phi) is 3.65. The molecule has 0 atom stereocenters. The standard InChI is InChI=1S/C11H15ClFNO2/c1-11(2,14)5-6-4-7(12)10(16-3)8(13)9(6)15/h4,15H,5,14H2,1-3H3. The summed E-state index contributed by atoms with van der Waals surface area (Å²) in [6.45, 7) is 3.56. The molecule has 0 aliphatic rings. The second-order valence-corrected chi connectivity index (χ2v) is 4.79. The van der Waals surface area contributed by atoms with Gasteiger partial charge in [0.2, 0.25) is 5.82 Å². The van der Waals surface area contributed by atoms with Crippen LogP contribution in [-0.2, 0) is 6.42 Å². The van der Waals surface area contributed by atoms with Crippen LogP contribution in [0.2, 0.25) is 5.02 Å². The largest absolute Gasteiger partial charge is 0.505 e. The molecule has 3 N–H and O–H groups in total. The fourth-order valence-electron chi connectivity index (χ4n) is 1.45.